The standard InChI is InChI=1S/C16H12FNO3S/c17-13-5-1-11(2-6-13)15-9-10-21-16(15)12-3-7-14(8-4-12)22(18,19)20/h1-10H,(H2,18,19,20). The molecule has 0 amide bonds. The van der Waals surface area contributed by atoms with Crippen LogP contribution in [0.1, 0.15) is 0 Å². The van der Waals surface area contributed by atoms with Gasteiger partial charge in [0.1, 0.15) is 11.6 Å². The Labute approximate surface area is 127 Å². The summed E-state index contributed by atoms with van der Waals surface area (Å²) in [4.78, 5) is 0.0335. The maximum Gasteiger partial charge on any atom is 0.238 e. The lowest BCUT2D eigenvalue weighted by atomic mass is 10.0. The Hall–Kier alpha value is -2.44. The van der Waals surface area contributed by atoms with Crippen LogP contribution in [-0.4, -0.2) is 8.42 Å². The summed E-state index contributed by atoms with van der Waals surface area (Å²) in [5, 5.41) is 5.07. The number of primary sulfonamides is 1. The van der Waals surface area contributed by atoms with Gasteiger partial charge in [-0.25, -0.2) is 17.9 Å². The molecule has 0 saturated carbocycles. The van der Waals surface area contributed by atoms with Crippen molar-refractivity contribution in [3.63, 3.8) is 0 Å². The summed E-state index contributed by atoms with van der Waals surface area (Å²) in [6, 6.07) is 13.9. The largest absolute Gasteiger partial charge is 0.464 e. The topological polar surface area (TPSA) is 73.3 Å². The number of halogens is 1. The molecule has 0 radical (unpaired) electrons. The summed E-state index contributed by atoms with van der Waals surface area (Å²) in [6.07, 6.45) is 1.53. The summed E-state index contributed by atoms with van der Waals surface area (Å²) in [5.41, 5.74) is 2.31. The van der Waals surface area contributed by atoms with Crippen molar-refractivity contribution in [1.82, 2.24) is 0 Å². The van der Waals surface area contributed by atoms with E-state index in [0.717, 1.165) is 11.1 Å². The number of hydrogen-bond acceptors (Lipinski definition) is 3. The Kier molecular flexibility index (Phi) is 3.56. The third-order valence-corrected chi connectivity index (χ3v) is 4.19. The zero-order chi connectivity index (χ0) is 15.7. The number of benzene rings is 2. The molecule has 0 fully saturated rings. The average Bonchev–Trinajstić information content (AvgIpc) is 2.97. The third-order valence-electron chi connectivity index (χ3n) is 3.27. The van der Waals surface area contributed by atoms with Crippen LogP contribution in [0.2, 0.25) is 0 Å². The molecule has 0 aliphatic rings. The van der Waals surface area contributed by atoms with Crippen LogP contribution < -0.4 is 5.14 Å². The van der Waals surface area contributed by atoms with Crippen molar-refractivity contribution in [2.45, 2.75) is 4.90 Å². The summed E-state index contributed by atoms with van der Waals surface area (Å²) in [5.74, 6) is 0.263. The molecule has 3 rings (SSSR count). The van der Waals surface area contributed by atoms with Gasteiger partial charge >= 0.3 is 0 Å². The molecule has 22 heavy (non-hydrogen) atoms. The van der Waals surface area contributed by atoms with Crippen molar-refractivity contribution in [1.29, 1.82) is 0 Å². The van der Waals surface area contributed by atoms with Crippen LogP contribution in [-0.2, 0) is 10.0 Å². The molecule has 0 bridgehead atoms. The molecule has 4 nitrogen and oxygen atoms in total. The average molecular weight is 317 g/mol. The Morgan fingerprint density at radius 1 is 0.864 bits per heavy atom. The van der Waals surface area contributed by atoms with E-state index in [9.17, 15) is 12.8 Å². The van der Waals surface area contributed by atoms with Crippen LogP contribution in [0.15, 0.2) is 70.2 Å². The van der Waals surface area contributed by atoms with E-state index in [1.165, 1.54) is 30.5 Å². The van der Waals surface area contributed by atoms with Crippen molar-refractivity contribution < 1.29 is 17.2 Å². The molecule has 0 unspecified atom stereocenters. The molecular formula is C16H12FNO3S. The first-order valence-electron chi connectivity index (χ1n) is 6.42. The van der Waals surface area contributed by atoms with Gasteiger partial charge in [-0.05, 0) is 48.0 Å². The van der Waals surface area contributed by atoms with E-state index in [1.807, 2.05) is 0 Å². The van der Waals surface area contributed by atoms with E-state index < -0.39 is 10.0 Å². The first kappa shape index (κ1) is 14.5. The highest BCUT2D eigenvalue weighted by atomic mass is 32.2. The second kappa shape index (κ2) is 5.40. The second-order valence-electron chi connectivity index (χ2n) is 4.74. The highest BCUT2D eigenvalue weighted by molar-refractivity contribution is 7.89. The van der Waals surface area contributed by atoms with Gasteiger partial charge < -0.3 is 4.42 Å². The molecule has 1 aromatic heterocycles. The number of rotatable bonds is 3. The third kappa shape index (κ3) is 2.79. The van der Waals surface area contributed by atoms with Crippen LogP contribution in [0, 0.1) is 5.82 Å². The SMILES string of the molecule is NS(=O)(=O)c1ccc(-c2occc2-c2ccc(F)cc2)cc1. The quantitative estimate of drug-likeness (QED) is 0.804. The molecule has 112 valence electrons. The fourth-order valence-electron chi connectivity index (χ4n) is 2.19. The Balaban J connectivity index is 2.03. The van der Waals surface area contributed by atoms with Gasteiger partial charge in [0.2, 0.25) is 10.0 Å². The smallest absolute Gasteiger partial charge is 0.238 e. The van der Waals surface area contributed by atoms with E-state index in [0.29, 0.717) is 11.3 Å². The maximum atomic E-state index is 13.0. The number of nitrogens with two attached hydrogens (primary N) is 1. The van der Waals surface area contributed by atoms with E-state index in [4.69, 9.17) is 9.56 Å². The summed E-state index contributed by atoms with van der Waals surface area (Å²) < 4.78 is 41.0. The van der Waals surface area contributed by atoms with Crippen LogP contribution in [0.4, 0.5) is 4.39 Å². The van der Waals surface area contributed by atoms with Gasteiger partial charge in [0.15, 0.2) is 0 Å². The number of hydrogen-bond donors (Lipinski definition) is 1. The van der Waals surface area contributed by atoms with Gasteiger partial charge in [-0.1, -0.05) is 12.1 Å². The molecule has 3 aromatic rings. The summed E-state index contributed by atoms with van der Waals surface area (Å²) in [6.45, 7) is 0. The first-order valence-corrected chi connectivity index (χ1v) is 7.96. The highest BCUT2D eigenvalue weighted by Gasteiger charge is 2.13. The van der Waals surface area contributed by atoms with Gasteiger partial charge in [-0.2, -0.15) is 0 Å². The normalized spacial score (nSPS) is 11.5. The van der Waals surface area contributed by atoms with Gasteiger partial charge in [0, 0.05) is 11.1 Å². The number of furan rings is 1. The van der Waals surface area contributed by atoms with Crippen LogP contribution in [0.25, 0.3) is 22.5 Å². The van der Waals surface area contributed by atoms with Crippen LogP contribution in [0.5, 0.6) is 0 Å². The minimum atomic E-state index is -3.73. The second-order valence-corrected chi connectivity index (χ2v) is 6.30. The Morgan fingerprint density at radius 3 is 2.05 bits per heavy atom. The van der Waals surface area contributed by atoms with Gasteiger partial charge in [-0.15, -0.1) is 0 Å². The van der Waals surface area contributed by atoms with E-state index in [2.05, 4.69) is 0 Å². The van der Waals surface area contributed by atoms with Crippen molar-refractivity contribution in [3.05, 3.63) is 66.7 Å². The zero-order valence-corrected chi connectivity index (χ0v) is 12.2. The molecule has 0 spiro atoms. The van der Waals surface area contributed by atoms with Crippen molar-refractivity contribution in [3.8, 4) is 22.5 Å². The molecule has 6 heteroatoms. The zero-order valence-electron chi connectivity index (χ0n) is 11.4. The molecule has 0 aliphatic heterocycles. The fraction of sp³-hybridized carbons (Fsp3) is 0. The molecule has 0 saturated heterocycles. The first-order chi connectivity index (χ1) is 10.4. The van der Waals surface area contributed by atoms with Crippen LogP contribution in [0.3, 0.4) is 0 Å². The van der Waals surface area contributed by atoms with Crippen molar-refractivity contribution >= 4 is 10.0 Å². The lowest BCUT2D eigenvalue weighted by Gasteiger charge is -2.04. The van der Waals surface area contributed by atoms with Crippen molar-refractivity contribution in [2.75, 3.05) is 0 Å². The predicted octanol–water partition coefficient (Wildman–Crippen LogP) is 3.40. The Bertz CT molecular complexity index is 897. The van der Waals surface area contributed by atoms with E-state index in [-0.39, 0.29) is 10.7 Å². The lowest BCUT2D eigenvalue weighted by Crippen LogP contribution is -2.11. The molecular weight excluding hydrogens is 305 g/mol. The highest BCUT2D eigenvalue weighted by Crippen LogP contribution is 2.33. The predicted molar refractivity (Wildman–Crippen MR) is 80.9 cm³/mol. The van der Waals surface area contributed by atoms with Gasteiger partial charge in [0.25, 0.3) is 0 Å². The molecule has 0 aliphatic carbocycles. The molecule has 1 heterocycles. The fourth-order valence-corrected chi connectivity index (χ4v) is 2.70. The molecule has 2 N–H and O–H groups in total. The molecule has 0 atom stereocenters. The lowest BCUT2D eigenvalue weighted by molar-refractivity contribution is 0.582. The van der Waals surface area contributed by atoms with Gasteiger partial charge in [-0.3, -0.25) is 0 Å². The van der Waals surface area contributed by atoms with Crippen molar-refractivity contribution in [2.24, 2.45) is 5.14 Å². The summed E-state index contributed by atoms with van der Waals surface area (Å²) >= 11 is 0. The monoisotopic (exact) mass is 317 g/mol. The van der Waals surface area contributed by atoms with E-state index in [1.54, 1.807) is 30.3 Å². The number of sulfonamides is 1. The maximum absolute atomic E-state index is 13.0. The summed E-state index contributed by atoms with van der Waals surface area (Å²) in [7, 11) is -3.73. The van der Waals surface area contributed by atoms with Crippen LogP contribution >= 0.6 is 0 Å². The molecule has 2 aromatic carbocycles. The van der Waals surface area contributed by atoms with Gasteiger partial charge in [0.05, 0.1) is 11.2 Å². The Morgan fingerprint density at radius 2 is 1.45 bits per heavy atom. The van der Waals surface area contributed by atoms with E-state index >= 15 is 0 Å². The minimum absolute atomic E-state index is 0.0335. The minimum Gasteiger partial charge on any atom is -0.464 e.